The molecule has 3 aromatic rings. The summed E-state index contributed by atoms with van der Waals surface area (Å²) in [5.41, 5.74) is 2.59. The van der Waals surface area contributed by atoms with Gasteiger partial charge in [-0.25, -0.2) is 4.68 Å². The summed E-state index contributed by atoms with van der Waals surface area (Å²) in [7, 11) is 0. The SMILES string of the molecule is Cc1ccc(NC(=O)c2ccc(=O)n(CC(=O)Nc3ccc(C)c(Cl)c3)n2)cc1. The molecule has 0 unspecified atom stereocenters. The van der Waals surface area contributed by atoms with E-state index in [1.165, 1.54) is 12.1 Å². The molecule has 0 saturated carbocycles. The first-order valence-corrected chi connectivity index (χ1v) is 9.22. The van der Waals surface area contributed by atoms with E-state index in [1.807, 2.05) is 26.0 Å². The Kier molecular flexibility index (Phi) is 6.09. The normalized spacial score (nSPS) is 10.4. The smallest absolute Gasteiger partial charge is 0.276 e. The van der Waals surface area contributed by atoms with E-state index in [0.717, 1.165) is 15.8 Å². The first-order valence-electron chi connectivity index (χ1n) is 8.84. The van der Waals surface area contributed by atoms with E-state index in [4.69, 9.17) is 11.6 Å². The summed E-state index contributed by atoms with van der Waals surface area (Å²) in [6, 6.07) is 14.9. The molecule has 0 spiro atoms. The highest BCUT2D eigenvalue weighted by atomic mass is 35.5. The van der Waals surface area contributed by atoms with Gasteiger partial charge in [-0.05, 0) is 49.7 Å². The molecule has 0 fully saturated rings. The number of hydrogen-bond acceptors (Lipinski definition) is 4. The lowest BCUT2D eigenvalue weighted by molar-refractivity contribution is -0.117. The van der Waals surface area contributed by atoms with E-state index in [2.05, 4.69) is 15.7 Å². The maximum Gasteiger partial charge on any atom is 0.276 e. The van der Waals surface area contributed by atoms with Crippen molar-refractivity contribution >= 4 is 34.8 Å². The summed E-state index contributed by atoms with van der Waals surface area (Å²) < 4.78 is 0.940. The highest BCUT2D eigenvalue weighted by Gasteiger charge is 2.12. The molecule has 1 heterocycles. The molecule has 0 aliphatic carbocycles. The zero-order valence-corrected chi connectivity index (χ0v) is 16.7. The van der Waals surface area contributed by atoms with Crippen LogP contribution in [-0.2, 0) is 11.3 Å². The molecule has 29 heavy (non-hydrogen) atoms. The Balaban J connectivity index is 1.71. The fourth-order valence-electron chi connectivity index (χ4n) is 2.52. The minimum absolute atomic E-state index is 0.0244. The van der Waals surface area contributed by atoms with Gasteiger partial charge in [0.15, 0.2) is 0 Å². The lowest BCUT2D eigenvalue weighted by Crippen LogP contribution is -2.31. The van der Waals surface area contributed by atoms with Crippen molar-refractivity contribution in [2.45, 2.75) is 20.4 Å². The second kappa shape index (κ2) is 8.70. The molecule has 2 aromatic carbocycles. The van der Waals surface area contributed by atoms with Crippen LogP contribution in [0.15, 0.2) is 59.4 Å². The van der Waals surface area contributed by atoms with Gasteiger partial charge in [0, 0.05) is 22.5 Å². The summed E-state index contributed by atoms with van der Waals surface area (Å²) in [6.07, 6.45) is 0. The van der Waals surface area contributed by atoms with Crippen LogP contribution in [0.25, 0.3) is 0 Å². The van der Waals surface area contributed by atoms with E-state index < -0.39 is 17.4 Å². The van der Waals surface area contributed by atoms with E-state index in [1.54, 1.807) is 30.3 Å². The number of amides is 2. The van der Waals surface area contributed by atoms with Gasteiger partial charge >= 0.3 is 0 Å². The van der Waals surface area contributed by atoms with Crippen LogP contribution in [0.5, 0.6) is 0 Å². The number of rotatable bonds is 5. The van der Waals surface area contributed by atoms with Crippen LogP contribution in [0.3, 0.4) is 0 Å². The maximum atomic E-state index is 12.4. The molecule has 3 rings (SSSR count). The second-order valence-corrected chi connectivity index (χ2v) is 6.95. The van der Waals surface area contributed by atoms with E-state index >= 15 is 0 Å². The topological polar surface area (TPSA) is 93.1 Å². The number of anilines is 2. The van der Waals surface area contributed by atoms with Gasteiger partial charge in [0.05, 0.1) is 0 Å². The van der Waals surface area contributed by atoms with Crippen LogP contribution in [0.4, 0.5) is 11.4 Å². The number of hydrogen-bond donors (Lipinski definition) is 2. The first-order chi connectivity index (χ1) is 13.8. The van der Waals surface area contributed by atoms with E-state index in [-0.39, 0.29) is 12.2 Å². The molecule has 148 valence electrons. The molecule has 0 radical (unpaired) electrons. The number of benzene rings is 2. The Morgan fingerprint density at radius 1 is 0.966 bits per heavy atom. The van der Waals surface area contributed by atoms with Crippen LogP contribution >= 0.6 is 11.6 Å². The summed E-state index contributed by atoms with van der Waals surface area (Å²) in [5, 5.41) is 9.89. The number of halogens is 1. The van der Waals surface area contributed by atoms with Crippen molar-refractivity contribution in [1.29, 1.82) is 0 Å². The predicted molar refractivity (Wildman–Crippen MR) is 112 cm³/mol. The number of aromatic nitrogens is 2. The highest BCUT2D eigenvalue weighted by molar-refractivity contribution is 6.31. The number of carbonyl (C=O) groups is 2. The number of nitrogens with one attached hydrogen (secondary N) is 2. The average Bonchev–Trinajstić information content (AvgIpc) is 2.68. The molecule has 2 N–H and O–H groups in total. The van der Waals surface area contributed by atoms with Crippen LogP contribution < -0.4 is 16.2 Å². The maximum absolute atomic E-state index is 12.4. The van der Waals surface area contributed by atoms with Gasteiger partial charge < -0.3 is 10.6 Å². The lowest BCUT2D eigenvalue weighted by atomic mass is 10.2. The largest absolute Gasteiger partial charge is 0.324 e. The predicted octanol–water partition coefficient (Wildman–Crippen LogP) is 3.40. The van der Waals surface area contributed by atoms with E-state index in [9.17, 15) is 14.4 Å². The Bertz CT molecular complexity index is 1120. The molecule has 0 aliphatic heterocycles. The van der Waals surface area contributed by atoms with Crippen molar-refractivity contribution in [2.24, 2.45) is 0 Å². The minimum Gasteiger partial charge on any atom is -0.324 e. The van der Waals surface area contributed by atoms with Crippen LogP contribution in [-0.4, -0.2) is 21.6 Å². The summed E-state index contributed by atoms with van der Waals surface area (Å²) >= 11 is 6.05. The minimum atomic E-state index is -0.492. The molecule has 1 aromatic heterocycles. The number of nitrogens with zero attached hydrogens (tertiary/aromatic N) is 2. The van der Waals surface area contributed by atoms with Crippen LogP contribution in [0.2, 0.25) is 5.02 Å². The fourth-order valence-corrected chi connectivity index (χ4v) is 2.70. The zero-order valence-electron chi connectivity index (χ0n) is 15.9. The standard InChI is InChI=1S/C21H19ClN4O3/c1-13-3-6-15(7-4-13)24-21(29)18-9-10-20(28)26(25-18)12-19(27)23-16-8-5-14(2)17(22)11-16/h3-11H,12H2,1-2H3,(H,23,27)(H,24,29). The molecule has 2 amide bonds. The molecule has 0 saturated heterocycles. The van der Waals surface area contributed by atoms with Crippen molar-refractivity contribution in [3.05, 3.63) is 86.8 Å². The van der Waals surface area contributed by atoms with Crippen molar-refractivity contribution in [3.63, 3.8) is 0 Å². The van der Waals surface area contributed by atoms with Crippen molar-refractivity contribution in [1.82, 2.24) is 9.78 Å². The number of carbonyl (C=O) groups excluding carboxylic acids is 2. The van der Waals surface area contributed by atoms with Gasteiger partial charge in [-0.3, -0.25) is 14.4 Å². The second-order valence-electron chi connectivity index (χ2n) is 6.55. The zero-order chi connectivity index (χ0) is 21.0. The summed E-state index contributed by atoms with van der Waals surface area (Å²) in [5.74, 6) is -0.941. The first kappa shape index (κ1) is 20.3. The Morgan fingerprint density at radius 3 is 2.34 bits per heavy atom. The van der Waals surface area contributed by atoms with Crippen LogP contribution in [0, 0.1) is 13.8 Å². The average molecular weight is 411 g/mol. The van der Waals surface area contributed by atoms with Gasteiger partial charge in [-0.15, -0.1) is 0 Å². The lowest BCUT2D eigenvalue weighted by Gasteiger charge is -2.09. The molecule has 0 aliphatic rings. The quantitative estimate of drug-likeness (QED) is 0.674. The van der Waals surface area contributed by atoms with Crippen molar-refractivity contribution in [2.75, 3.05) is 10.6 Å². The van der Waals surface area contributed by atoms with E-state index in [0.29, 0.717) is 16.4 Å². The van der Waals surface area contributed by atoms with Gasteiger partial charge in [0.2, 0.25) is 5.91 Å². The van der Waals surface area contributed by atoms with Crippen molar-refractivity contribution in [3.8, 4) is 0 Å². The summed E-state index contributed by atoms with van der Waals surface area (Å²) in [4.78, 5) is 36.7. The number of aryl methyl sites for hydroxylation is 2. The molecule has 8 heteroatoms. The highest BCUT2D eigenvalue weighted by Crippen LogP contribution is 2.19. The Morgan fingerprint density at radius 2 is 1.66 bits per heavy atom. The van der Waals surface area contributed by atoms with Crippen LogP contribution in [0.1, 0.15) is 21.6 Å². The third-order valence-corrected chi connectivity index (χ3v) is 4.56. The molecule has 0 bridgehead atoms. The monoisotopic (exact) mass is 410 g/mol. The van der Waals surface area contributed by atoms with Gasteiger partial charge in [-0.1, -0.05) is 35.4 Å². The third-order valence-electron chi connectivity index (χ3n) is 4.16. The third kappa shape index (κ3) is 5.30. The molecular formula is C21H19ClN4O3. The molecule has 7 nitrogen and oxygen atoms in total. The van der Waals surface area contributed by atoms with Gasteiger partial charge in [0.25, 0.3) is 11.5 Å². The van der Waals surface area contributed by atoms with Crippen molar-refractivity contribution < 1.29 is 9.59 Å². The summed E-state index contributed by atoms with van der Waals surface area (Å²) in [6.45, 7) is 3.46. The Labute approximate surface area is 172 Å². The Hall–Kier alpha value is -3.45. The molecular weight excluding hydrogens is 392 g/mol. The van der Waals surface area contributed by atoms with Gasteiger partial charge in [-0.2, -0.15) is 5.10 Å². The van der Waals surface area contributed by atoms with Gasteiger partial charge in [0.1, 0.15) is 12.2 Å². The molecule has 0 atom stereocenters. The fraction of sp³-hybridized carbons (Fsp3) is 0.143.